The third-order valence-electron chi connectivity index (χ3n) is 8.15. The fourth-order valence-corrected chi connectivity index (χ4v) is 12.9. The van der Waals surface area contributed by atoms with Crippen LogP contribution < -0.4 is 9.16 Å². The van der Waals surface area contributed by atoms with Crippen molar-refractivity contribution >= 4 is 38.6 Å². The van der Waals surface area contributed by atoms with Crippen LogP contribution in [0.4, 0.5) is 4.39 Å². The minimum atomic E-state index is -3.69. The fourth-order valence-electron chi connectivity index (χ4n) is 6.36. The van der Waals surface area contributed by atoms with E-state index in [-0.39, 0.29) is 59.0 Å². The Hall–Kier alpha value is -3.11. The normalized spacial score (nSPS) is 14.0. The number of fused-ring (bicyclic) bond motifs is 2. The van der Waals surface area contributed by atoms with Crippen molar-refractivity contribution in [1.82, 2.24) is 9.88 Å². The molecule has 0 N–H and O–H groups in total. The van der Waals surface area contributed by atoms with Gasteiger partial charge in [-0.1, -0.05) is 53.7 Å². The molecule has 9 nitrogen and oxygen atoms in total. The molecule has 12 heteroatoms. The van der Waals surface area contributed by atoms with Crippen molar-refractivity contribution < 1.29 is 36.8 Å². The first-order valence-electron chi connectivity index (χ1n) is 15.1. The number of imide groups is 1. The van der Waals surface area contributed by atoms with E-state index in [0.717, 1.165) is 4.90 Å². The van der Waals surface area contributed by atoms with Gasteiger partial charge in [0.2, 0.25) is 0 Å². The Balaban J connectivity index is 1.98. The molecule has 1 aromatic heterocycles. The first-order chi connectivity index (χ1) is 20.8. The van der Waals surface area contributed by atoms with Crippen LogP contribution in [0.3, 0.4) is 0 Å². The number of carbonyl (C=O) groups excluding carboxylic acids is 2. The van der Waals surface area contributed by atoms with Crippen molar-refractivity contribution in [3.63, 3.8) is 0 Å². The van der Waals surface area contributed by atoms with Gasteiger partial charge in [0.15, 0.2) is 6.35 Å². The highest BCUT2D eigenvalue weighted by atomic mass is 31.2. The fraction of sp³-hybridized carbons (Fsp3) is 0.469. The number of aromatic nitrogens is 1. The summed E-state index contributed by atoms with van der Waals surface area (Å²) in [6, 6.07) is 9.05. The molecule has 0 saturated heterocycles. The third kappa shape index (κ3) is 6.20. The molecular weight excluding hydrogens is 602 g/mol. The van der Waals surface area contributed by atoms with Crippen molar-refractivity contribution in [2.24, 2.45) is 0 Å². The Labute approximate surface area is 259 Å². The Bertz CT molecular complexity index is 1550. The van der Waals surface area contributed by atoms with Gasteiger partial charge in [0.1, 0.15) is 22.8 Å². The molecule has 238 valence electrons. The number of hydrogen-bond donors (Lipinski definition) is 0. The summed E-state index contributed by atoms with van der Waals surface area (Å²) < 4.78 is 51.2. The minimum Gasteiger partial charge on any atom is -0.541 e. The first-order valence-corrected chi connectivity index (χ1v) is 18.9. The van der Waals surface area contributed by atoms with Gasteiger partial charge in [0.25, 0.3) is 20.1 Å². The molecule has 0 saturated carbocycles. The lowest BCUT2D eigenvalue weighted by atomic mass is 10.0. The van der Waals surface area contributed by atoms with Crippen LogP contribution in [0.25, 0.3) is 10.9 Å². The molecule has 0 bridgehead atoms. The molecule has 2 amide bonds. The van der Waals surface area contributed by atoms with Crippen molar-refractivity contribution in [2.45, 2.75) is 78.6 Å². The average Bonchev–Trinajstić information content (AvgIpc) is 3.20. The van der Waals surface area contributed by atoms with E-state index in [0.29, 0.717) is 16.5 Å². The number of benzene rings is 2. The SMILES string of the molecule is CCOP(=O)(COc1c2c(c(O[Si](C(C)C)(C(C)C)C(C)C)c3ncccc13)C(=O)N(Cc1ccc(F)cc1)C2=O)OCC. The predicted octanol–water partition coefficient (Wildman–Crippen LogP) is 8.33. The molecule has 2 aromatic carbocycles. The quantitative estimate of drug-likeness (QED) is 0.0980. The van der Waals surface area contributed by atoms with Gasteiger partial charge in [-0.15, -0.1) is 0 Å². The largest absolute Gasteiger partial charge is 0.541 e. The monoisotopic (exact) mass is 644 g/mol. The van der Waals surface area contributed by atoms with Crippen molar-refractivity contribution in [2.75, 3.05) is 19.6 Å². The Morgan fingerprint density at radius 1 is 0.864 bits per heavy atom. The summed E-state index contributed by atoms with van der Waals surface area (Å²) in [6.45, 7) is 16.3. The van der Waals surface area contributed by atoms with Crippen LogP contribution >= 0.6 is 7.60 Å². The first kappa shape index (κ1) is 33.8. The third-order valence-corrected chi connectivity index (χ3v) is 15.9. The summed E-state index contributed by atoms with van der Waals surface area (Å²) in [4.78, 5) is 34.2. The number of hydrogen-bond acceptors (Lipinski definition) is 8. The molecule has 3 aromatic rings. The molecule has 44 heavy (non-hydrogen) atoms. The summed E-state index contributed by atoms with van der Waals surface area (Å²) >= 11 is 0. The van der Waals surface area contributed by atoms with Gasteiger partial charge in [-0.25, -0.2) is 4.39 Å². The molecule has 4 rings (SSSR count). The maximum atomic E-state index is 14.3. The zero-order valence-corrected chi connectivity index (χ0v) is 28.6. The lowest BCUT2D eigenvalue weighted by Gasteiger charge is -2.42. The molecular formula is C32H42FN2O7PSi. The highest BCUT2D eigenvalue weighted by Crippen LogP contribution is 2.52. The van der Waals surface area contributed by atoms with Gasteiger partial charge in [0, 0.05) is 11.6 Å². The second kappa shape index (κ2) is 13.5. The Morgan fingerprint density at radius 3 is 1.93 bits per heavy atom. The standard InChI is InChI=1S/C32H42FN2O7PSi/c1-9-40-43(38,41-10-2)19-39-29-25-12-11-17-34-28(25)30(42-44(20(3)4,21(5)6)22(7)8)27-26(29)31(36)35(32(27)37)18-23-13-15-24(33)16-14-23/h11-17,20-22H,9-10,18-19H2,1-8H3. The summed E-state index contributed by atoms with van der Waals surface area (Å²) in [7, 11) is -6.35. The average molecular weight is 645 g/mol. The Morgan fingerprint density at radius 2 is 1.41 bits per heavy atom. The molecule has 0 radical (unpaired) electrons. The van der Waals surface area contributed by atoms with Gasteiger partial charge in [-0.3, -0.25) is 24.0 Å². The van der Waals surface area contributed by atoms with Gasteiger partial charge < -0.3 is 18.2 Å². The van der Waals surface area contributed by atoms with Crippen LogP contribution in [0, 0.1) is 5.82 Å². The predicted molar refractivity (Wildman–Crippen MR) is 170 cm³/mol. The molecule has 0 aliphatic carbocycles. The van der Waals surface area contributed by atoms with Crippen LogP contribution in [0.5, 0.6) is 11.5 Å². The number of amides is 2. The summed E-state index contributed by atoms with van der Waals surface area (Å²) in [6.07, 6.45) is 1.12. The van der Waals surface area contributed by atoms with E-state index in [1.54, 1.807) is 32.2 Å². The maximum Gasteiger partial charge on any atom is 0.367 e. The highest BCUT2D eigenvalue weighted by molar-refractivity contribution is 7.53. The second-order valence-corrected chi connectivity index (χ2v) is 19.1. The summed E-state index contributed by atoms with van der Waals surface area (Å²) in [5.41, 5.74) is 1.50. The maximum absolute atomic E-state index is 14.3. The van der Waals surface area contributed by atoms with Crippen LogP contribution in [0.15, 0.2) is 42.6 Å². The number of nitrogens with zero attached hydrogens (tertiary/aromatic N) is 2. The highest BCUT2D eigenvalue weighted by Gasteiger charge is 2.50. The number of carbonyl (C=O) groups is 2. The van der Waals surface area contributed by atoms with Gasteiger partial charge in [0.05, 0.1) is 30.9 Å². The number of pyridine rings is 1. The van der Waals surface area contributed by atoms with E-state index in [1.165, 1.54) is 24.3 Å². The molecule has 1 aliphatic heterocycles. The van der Waals surface area contributed by atoms with E-state index < -0.39 is 39.9 Å². The lowest BCUT2D eigenvalue weighted by molar-refractivity contribution is 0.0640. The van der Waals surface area contributed by atoms with Gasteiger partial charge in [-0.2, -0.15) is 0 Å². The van der Waals surface area contributed by atoms with E-state index in [1.807, 2.05) is 0 Å². The molecule has 1 aliphatic rings. The zero-order chi connectivity index (χ0) is 32.4. The number of ether oxygens (including phenoxy) is 1. The van der Waals surface area contributed by atoms with Gasteiger partial charge >= 0.3 is 7.60 Å². The van der Waals surface area contributed by atoms with Crippen LogP contribution in [-0.4, -0.2) is 49.6 Å². The molecule has 0 atom stereocenters. The van der Waals surface area contributed by atoms with Crippen molar-refractivity contribution in [3.8, 4) is 11.5 Å². The topological polar surface area (TPSA) is 104 Å². The van der Waals surface area contributed by atoms with Crippen LogP contribution in [0.2, 0.25) is 16.6 Å². The minimum absolute atomic E-state index is 0.00586. The van der Waals surface area contributed by atoms with E-state index in [2.05, 4.69) is 46.5 Å². The summed E-state index contributed by atoms with van der Waals surface area (Å²) in [5.74, 6) is -1.29. The van der Waals surface area contributed by atoms with E-state index >= 15 is 0 Å². The molecule has 2 heterocycles. The smallest absolute Gasteiger partial charge is 0.367 e. The molecule has 0 unspecified atom stereocenters. The molecule has 0 fully saturated rings. The Kier molecular flexibility index (Phi) is 10.3. The molecule has 0 spiro atoms. The number of rotatable bonds is 14. The van der Waals surface area contributed by atoms with Crippen molar-refractivity contribution in [3.05, 3.63) is 65.1 Å². The zero-order valence-electron chi connectivity index (χ0n) is 26.7. The summed E-state index contributed by atoms with van der Waals surface area (Å²) in [5, 5.41) is 0.435. The lowest BCUT2D eigenvalue weighted by Crippen LogP contribution is -2.51. The van der Waals surface area contributed by atoms with E-state index in [4.69, 9.17) is 18.2 Å². The van der Waals surface area contributed by atoms with Crippen LogP contribution in [-0.2, 0) is 20.2 Å². The van der Waals surface area contributed by atoms with Crippen molar-refractivity contribution in [1.29, 1.82) is 0 Å². The van der Waals surface area contributed by atoms with Crippen LogP contribution in [0.1, 0.15) is 81.7 Å². The second-order valence-electron chi connectivity index (χ2n) is 11.8. The van der Waals surface area contributed by atoms with Gasteiger partial charge in [-0.05, 0) is 60.3 Å². The van der Waals surface area contributed by atoms with E-state index in [9.17, 15) is 18.5 Å². The number of halogens is 1.